The predicted octanol–water partition coefficient (Wildman–Crippen LogP) is 2.97. The van der Waals surface area contributed by atoms with Crippen molar-refractivity contribution in [3.8, 4) is 5.75 Å². The van der Waals surface area contributed by atoms with Crippen LogP contribution in [0.4, 0.5) is 0 Å². The number of aromatic nitrogens is 1. The highest BCUT2D eigenvalue weighted by molar-refractivity contribution is 6.49. The van der Waals surface area contributed by atoms with Crippen molar-refractivity contribution < 1.29 is 14.0 Å². The summed E-state index contributed by atoms with van der Waals surface area (Å²) < 4.78 is 10.6. The third kappa shape index (κ3) is 3.47. The predicted molar refractivity (Wildman–Crippen MR) is 94.1 cm³/mol. The Bertz CT molecular complexity index is 803. The standard InChI is InChI=1S/C17H23NO4Si/c1-17(2,3)10-7-8-11-12(9-10)18-15(19)13(16(20)21-4)14(11)22-23(5)6/h7-9,23H,1-6H3,(H,18,19). The first-order valence-electron chi connectivity index (χ1n) is 7.60. The average Bonchev–Trinajstić information content (AvgIpc) is 2.44. The van der Waals surface area contributed by atoms with Gasteiger partial charge in [0.1, 0.15) is 5.75 Å². The number of methoxy groups -OCH3 is 1. The van der Waals surface area contributed by atoms with Gasteiger partial charge in [0, 0.05) is 5.39 Å². The molecule has 0 radical (unpaired) electrons. The molecule has 0 saturated heterocycles. The summed E-state index contributed by atoms with van der Waals surface area (Å²) in [5.74, 6) is -0.351. The van der Waals surface area contributed by atoms with E-state index in [1.165, 1.54) is 7.11 Å². The Balaban J connectivity index is 2.81. The van der Waals surface area contributed by atoms with Crippen LogP contribution in [-0.4, -0.2) is 27.1 Å². The number of fused-ring (bicyclic) bond motifs is 1. The van der Waals surface area contributed by atoms with E-state index in [0.717, 1.165) is 10.9 Å². The van der Waals surface area contributed by atoms with Gasteiger partial charge >= 0.3 is 5.97 Å². The van der Waals surface area contributed by atoms with Crippen molar-refractivity contribution >= 4 is 25.9 Å². The first kappa shape index (κ1) is 17.3. The maximum absolute atomic E-state index is 12.4. The molecule has 1 heterocycles. The minimum absolute atomic E-state index is 0.0417. The van der Waals surface area contributed by atoms with E-state index in [1.54, 1.807) is 0 Å². The molecule has 1 N–H and O–H groups in total. The Morgan fingerprint density at radius 3 is 2.39 bits per heavy atom. The number of hydrogen-bond acceptors (Lipinski definition) is 4. The van der Waals surface area contributed by atoms with Crippen molar-refractivity contribution in [2.24, 2.45) is 0 Å². The molecule has 0 aliphatic heterocycles. The number of ether oxygens (including phenoxy) is 1. The van der Waals surface area contributed by atoms with Gasteiger partial charge in [-0.2, -0.15) is 0 Å². The van der Waals surface area contributed by atoms with Gasteiger partial charge in [-0.15, -0.1) is 0 Å². The number of rotatable bonds is 3. The number of H-pyrrole nitrogens is 1. The number of pyridine rings is 1. The second-order valence-electron chi connectivity index (χ2n) is 6.83. The van der Waals surface area contributed by atoms with E-state index in [0.29, 0.717) is 11.3 Å². The Kier molecular flexibility index (Phi) is 4.65. The van der Waals surface area contributed by atoms with Crippen LogP contribution in [0.5, 0.6) is 5.75 Å². The van der Waals surface area contributed by atoms with Gasteiger partial charge in [0.05, 0.1) is 12.6 Å². The van der Waals surface area contributed by atoms with E-state index in [-0.39, 0.29) is 11.0 Å². The fourth-order valence-electron chi connectivity index (χ4n) is 2.38. The highest BCUT2D eigenvalue weighted by Gasteiger charge is 2.23. The van der Waals surface area contributed by atoms with E-state index < -0.39 is 20.6 Å². The molecule has 0 unspecified atom stereocenters. The fourth-order valence-corrected chi connectivity index (χ4v) is 3.10. The third-order valence-electron chi connectivity index (χ3n) is 3.58. The Labute approximate surface area is 137 Å². The number of aromatic amines is 1. The van der Waals surface area contributed by atoms with Crippen LogP contribution >= 0.6 is 0 Å². The summed E-state index contributed by atoms with van der Waals surface area (Å²) in [7, 11) is -0.257. The van der Waals surface area contributed by atoms with Crippen molar-refractivity contribution in [1.82, 2.24) is 4.98 Å². The third-order valence-corrected chi connectivity index (χ3v) is 4.28. The SMILES string of the molecule is COC(=O)c1c(O[SiH](C)C)c2ccc(C(C)(C)C)cc2[nH]c1=O. The molecule has 0 bridgehead atoms. The molecule has 124 valence electrons. The Morgan fingerprint density at radius 2 is 1.87 bits per heavy atom. The summed E-state index contributed by atoms with van der Waals surface area (Å²) in [4.78, 5) is 27.2. The smallest absolute Gasteiger partial charge is 0.347 e. The van der Waals surface area contributed by atoms with Gasteiger partial charge < -0.3 is 14.1 Å². The van der Waals surface area contributed by atoms with Gasteiger partial charge in [-0.05, 0) is 36.2 Å². The lowest BCUT2D eigenvalue weighted by Gasteiger charge is -2.21. The van der Waals surface area contributed by atoms with Crippen molar-refractivity contribution in [2.45, 2.75) is 39.3 Å². The number of carbonyl (C=O) groups excluding carboxylic acids is 1. The minimum atomic E-state index is -1.51. The van der Waals surface area contributed by atoms with E-state index in [1.807, 2.05) is 31.3 Å². The molecule has 0 aliphatic carbocycles. The Morgan fingerprint density at radius 1 is 1.22 bits per heavy atom. The molecule has 0 aliphatic rings. The number of benzene rings is 1. The molecule has 23 heavy (non-hydrogen) atoms. The average molecular weight is 333 g/mol. The quantitative estimate of drug-likeness (QED) is 0.692. The second-order valence-corrected chi connectivity index (χ2v) is 9.16. The van der Waals surface area contributed by atoms with E-state index in [4.69, 9.17) is 9.16 Å². The van der Waals surface area contributed by atoms with E-state index in [2.05, 4.69) is 25.8 Å². The monoisotopic (exact) mass is 333 g/mol. The van der Waals surface area contributed by atoms with Crippen LogP contribution in [0.2, 0.25) is 13.1 Å². The zero-order valence-corrected chi connectivity index (χ0v) is 15.6. The minimum Gasteiger partial charge on any atom is -0.546 e. The largest absolute Gasteiger partial charge is 0.546 e. The lowest BCUT2D eigenvalue weighted by molar-refractivity contribution is 0.0597. The van der Waals surface area contributed by atoms with Gasteiger partial charge in [-0.25, -0.2) is 4.79 Å². The second kappa shape index (κ2) is 6.20. The van der Waals surface area contributed by atoms with Gasteiger partial charge in [0.15, 0.2) is 5.56 Å². The molecular formula is C17H23NO4Si. The van der Waals surface area contributed by atoms with Gasteiger partial charge in [-0.1, -0.05) is 26.8 Å². The van der Waals surface area contributed by atoms with E-state index >= 15 is 0 Å². The number of esters is 1. The van der Waals surface area contributed by atoms with Gasteiger partial charge in [0.25, 0.3) is 5.56 Å². The van der Waals surface area contributed by atoms with Crippen molar-refractivity contribution in [2.75, 3.05) is 7.11 Å². The molecule has 0 spiro atoms. The van der Waals surface area contributed by atoms with Crippen LogP contribution in [0, 0.1) is 0 Å². The molecule has 2 rings (SSSR count). The zero-order chi connectivity index (χ0) is 17.4. The summed E-state index contributed by atoms with van der Waals surface area (Å²) in [5.41, 5.74) is 1.17. The van der Waals surface area contributed by atoms with Crippen LogP contribution in [-0.2, 0) is 10.2 Å². The van der Waals surface area contributed by atoms with Crippen molar-refractivity contribution in [3.63, 3.8) is 0 Å². The maximum Gasteiger partial charge on any atom is 0.347 e. The molecule has 2 aromatic rings. The van der Waals surface area contributed by atoms with E-state index in [9.17, 15) is 9.59 Å². The summed E-state index contributed by atoms with van der Waals surface area (Å²) in [5, 5.41) is 0.721. The van der Waals surface area contributed by atoms with Crippen LogP contribution in [0.15, 0.2) is 23.0 Å². The highest BCUT2D eigenvalue weighted by atomic mass is 28.3. The Hall–Kier alpha value is -2.08. The molecule has 0 fully saturated rings. The zero-order valence-electron chi connectivity index (χ0n) is 14.4. The number of hydrogen-bond donors (Lipinski definition) is 1. The molecular weight excluding hydrogens is 310 g/mol. The topological polar surface area (TPSA) is 68.4 Å². The first-order chi connectivity index (χ1) is 10.6. The molecule has 0 saturated carbocycles. The molecule has 0 atom stereocenters. The summed E-state index contributed by atoms with van der Waals surface area (Å²) >= 11 is 0. The molecule has 6 heteroatoms. The van der Waals surface area contributed by atoms with Crippen molar-refractivity contribution in [1.29, 1.82) is 0 Å². The number of nitrogens with one attached hydrogen (secondary N) is 1. The first-order valence-corrected chi connectivity index (χ1v) is 10.4. The van der Waals surface area contributed by atoms with Crippen LogP contribution < -0.4 is 9.99 Å². The summed E-state index contributed by atoms with van der Waals surface area (Å²) in [6.45, 7) is 10.3. The van der Waals surface area contributed by atoms with Crippen LogP contribution in [0.25, 0.3) is 10.9 Å². The molecule has 1 aromatic heterocycles. The van der Waals surface area contributed by atoms with Gasteiger partial charge in [0.2, 0.25) is 9.04 Å². The maximum atomic E-state index is 12.4. The summed E-state index contributed by atoms with van der Waals surface area (Å²) in [6.07, 6.45) is 0. The highest BCUT2D eigenvalue weighted by Crippen LogP contribution is 2.31. The molecule has 0 amide bonds. The molecule has 1 aromatic carbocycles. The van der Waals surface area contributed by atoms with Crippen LogP contribution in [0.1, 0.15) is 36.7 Å². The van der Waals surface area contributed by atoms with Gasteiger partial charge in [-0.3, -0.25) is 4.79 Å². The lowest BCUT2D eigenvalue weighted by Crippen LogP contribution is -2.24. The normalized spacial score (nSPS) is 11.8. The number of carbonyl (C=O) groups is 1. The lowest BCUT2D eigenvalue weighted by atomic mass is 9.86. The van der Waals surface area contributed by atoms with Crippen molar-refractivity contribution in [3.05, 3.63) is 39.7 Å². The summed E-state index contributed by atoms with van der Waals surface area (Å²) in [6, 6.07) is 5.83. The fraction of sp³-hybridized carbons (Fsp3) is 0.412. The van der Waals surface area contributed by atoms with Crippen LogP contribution in [0.3, 0.4) is 0 Å². The molecule has 5 nitrogen and oxygen atoms in total.